The molecule has 0 saturated carbocycles. The van der Waals surface area contributed by atoms with E-state index >= 15 is 0 Å². The van der Waals surface area contributed by atoms with Gasteiger partial charge >= 0.3 is 0 Å². The first-order chi connectivity index (χ1) is 13.3. The maximum Gasteiger partial charge on any atom is 0.230 e. The third-order valence-corrected chi connectivity index (χ3v) is 4.81. The van der Waals surface area contributed by atoms with Gasteiger partial charge in [-0.3, -0.25) is 9.36 Å². The minimum absolute atomic E-state index is 0.0785. The smallest absolute Gasteiger partial charge is 0.230 e. The minimum Gasteiger partial charge on any atom is -0.380 e. The molecule has 0 fully saturated rings. The van der Waals surface area contributed by atoms with Crippen LogP contribution in [0.15, 0.2) is 65.8 Å². The minimum atomic E-state index is -0.924. The maximum atomic E-state index is 12.2. The van der Waals surface area contributed by atoms with Crippen molar-refractivity contribution < 1.29 is 9.90 Å². The second-order valence-corrected chi connectivity index (χ2v) is 8.35. The van der Waals surface area contributed by atoms with Crippen LogP contribution in [0.25, 0.3) is 5.69 Å². The van der Waals surface area contributed by atoms with E-state index in [9.17, 15) is 9.90 Å². The van der Waals surface area contributed by atoms with E-state index in [2.05, 4.69) is 15.5 Å². The number of hydrogen-bond donors (Lipinski definition) is 2. The van der Waals surface area contributed by atoms with Crippen molar-refractivity contribution in [2.45, 2.75) is 37.6 Å². The lowest BCUT2D eigenvalue weighted by Gasteiger charge is -2.20. The molecule has 1 heterocycles. The Morgan fingerprint density at radius 3 is 2.29 bits per heavy atom. The number of nitrogens with one attached hydrogen (secondary N) is 1. The average molecular weight is 397 g/mol. The third kappa shape index (κ3) is 4.99. The van der Waals surface area contributed by atoms with Gasteiger partial charge in [0.05, 0.1) is 5.75 Å². The van der Waals surface area contributed by atoms with Gasteiger partial charge < -0.3 is 10.4 Å². The van der Waals surface area contributed by atoms with Crippen molar-refractivity contribution in [3.05, 3.63) is 72.1 Å². The first-order valence-corrected chi connectivity index (χ1v) is 10.0. The molecule has 2 aromatic carbocycles. The molecule has 1 atom stereocenters. The van der Waals surface area contributed by atoms with Crippen LogP contribution in [0.1, 0.15) is 38.3 Å². The summed E-state index contributed by atoms with van der Waals surface area (Å²) in [5, 5.41) is 22.8. The number of rotatable bonds is 6. The van der Waals surface area contributed by atoms with Gasteiger partial charge in [0, 0.05) is 11.2 Å². The second kappa shape index (κ2) is 8.58. The summed E-state index contributed by atoms with van der Waals surface area (Å²) >= 11 is 1.29. The van der Waals surface area contributed by atoms with Gasteiger partial charge in [-0.15, -0.1) is 10.2 Å². The zero-order valence-corrected chi connectivity index (χ0v) is 17.0. The van der Waals surface area contributed by atoms with Gasteiger partial charge in [0.1, 0.15) is 6.10 Å². The predicted octanol–water partition coefficient (Wildman–Crippen LogP) is 3.36. The number of carbonyl (C=O) groups is 1. The van der Waals surface area contributed by atoms with E-state index in [1.807, 2.05) is 81.4 Å². The third-order valence-electron chi connectivity index (χ3n) is 3.88. The molecule has 1 amide bonds. The Hall–Kier alpha value is -2.64. The van der Waals surface area contributed by atoms with E-state index in [-0.39, 0.29) is 17.2 Å². The Balaban J connectivity index is 1.91. The molecule has 1 aromatic heterocycles. The number of aliphatic hydroxyl groups excluding tert-OH is 1. The van der Waals surface area contributed by atoms with E-state index < -0.39 is 6.10 Å². The van der Waals surface area contributed by atoms with Gasteiger partial charge in [-0.1, -0.05) is 60.3 Å². The number of hydrogen-bond acceptors (Lipinski definition) is 5. The monoisotopic (exact) mass is 396 g/mol. The molecule has 3 aromatic rings. The van der Waals surface area contributed by atoms with Crippen molar-refractivity contribution in [3.8, 4) is 5.69 Å². The van der Waals surface area contributed by atoms with Crippen LogP contribution in [0.2, 0.25) is 0 Å². The number of thioether (sulfide) groups is 1. The molecule has 2 N–H and O–H groups in total. The molecule has 146 valence electrons. The zero-order chi connectivity index (χ0) is 20.1. The van der Waals surface area contributed by atoms with E-state index in [1.165, 1.54) is 11.8 Å². The fourth-order valence-electron chi connectivity index (χ4n) is 2.74. The molecule has 0 aliphatic carbocycles. The molecule has 0 saturated heterocycles. The van der Waals surface area contributed by atoms with Crippen LogP contribution in [0.5, 0.6) is 0 Å². The van der Waals surface area contributed by atoms with Gasteiger partial charge in [-0.2, -0.15) is 0 Å². The summed E-state index contributed by atoms with van der Waals surface area (Å²) in [5.41, 5.74) is 1.27. The molecule has 0 bridgehead atoms. The summed E-state index contributed by atoms with van der Waals surface area (Å²) in [4.78, 5) is 12.2. The first kappa shape index (κ1) is 20.1. The number of aliphatic hydroxyl groups is 1. The fourth-order valence-corrected chi connectivity index (χ4v) is 3.50. The van der Waals surface area contributed by atoms with Crippen LogP contribution in [0.3, 0.4) is 0 Å². The van der Waals surface area contributed by atoms with Crippen molar-refractivity contribution in [2.24, 2.45) is 0 Å². The Morgan fingerprint density at radius 1 is 1.07 bits per heavy atom. The lowest BCUT2D eigenvalue weighted by atomic mass is 10.1. The highest BCUT2D eigenvalue weighted by atomic mass is 32.2. The Bertz CT molecular complexity index is 921. The van der Waals surface area contributed by atoms with E-state index in [4.69, 9.17) is 0 Å². The molecule has 3 rings (SSSR count). The predicted molar refractivity (Wildman–Crippen MR) is 110 cm³/mol. The van der Waals surface area contributed by atoms with Crippen molar-refractivity contribution in [2.75, 3.05) is 5.75 Å². The molecule has 7 heteroatoms. The summed E-state index contributed by atoms with van der Waals surface area (Å²) in [7, 11) is 0. The fraction of sp³-hybridized carbons (Fsp3) is 0.286. The molecular formula is C21H24N4O2S. The number of nitrogens with zero attached hydrogens (tertiary/aromatic N) is 3. The molecule has 0 radical (unpaired) electrons. The SMILES string of the molecule is CC(C)(C)NC(=O)CSc1nnc(C(O)c2ccccc2)n1-c1ccccc1. The number of aromatic nitrogens is 3. The highest BCUT2D eigenvalue weighted by Crippen LogP contribution is 2.28. The van der Waals surface area contributed by atoms with Crippen molar-refractivity contribution in [1.82, 2.24) is 20.1 Å². The Kier molecular flexibility index (Phi) is 6.16. The molecular weight excluding hydrogens is 372 g/mol. The van der Waals surface area contributed by atoms with E-state index in [0.29, 0.717) is 11.0 Å². The summed E-state index contributed by atoms with van der Waals surface area (Å²) in [6, 6.07) is 18.9. The molecule has 1 unspecified atom stereocenters. The van der Waals surface area contributed by atoms with Gasteiger partial charge in [-0.25, -0.2) is 0 Å². The second-order valence-electron chi connectivity index (χ2n) is 7.41. The standard InChI is InChI=1S/C21H24N4O2S/c1-21(2,3)22-17(26)14-28-20-24-23-19(18(27)15-10-6-4-7-11-15)25(20)16-12-8-5-9-13-16/h4-13,18,27H,14H2,1-3H3,(H,22,26). The molecule has 28 heavy (non-hydrogen) atoms. The van der Waals surface area contributed by atoms with Crippen LogP contribution < -0.4 is 5.32 Å². The molecule has 6 nitrogen and oxygen atoms in total. The summed E-state index contributed by atoms with van der Waals surface area (Å²) < 4.78 is 1.80. The summed E-state index contributed by atoms with van der Waals surface area (Å²) in [6.45, 7) is 5.82. The van der Waals surface area contributed by atoms with Gasteiger partial charge in [0.15, 0.2) is 11.0 Å². The van der Waals surface area contributed by atoms with Gasteiger partial charge in [-0.05, 0) is 38.5 Å². The first-order valence-electron chi connectivity index (χ1n) is 9.03. The van der Waals surface area contributed by atoms with Crippen LogP contribution >= 0.6 is 11.8 Å². The van der Waals surface area contributed by atoms with Gasteiger partial charge in [0.2, 0.25) is 5.91 Å². The quantitative estimate of drug-likeness (QED) is 0.625. The zero-order valence-electron chi connectivity index (χ0n) is 16.2. The number of amides is 1. The molecule has 0 aliphatic heterocycles. The largest absolute Gasteiger partial charge is 0.380 e. The normalized spacial score (nSPS) is 12.6. The highest BCUT2D eigenvalue weighted by molar-refractivity contribution is 7.99. The van der Waals surface area contributed by atoms with E-state index in [1.54, 1.807) is 4.57 Å². The van der Waals surface area contributed by atoms with Crippen molar-refractivity contribution in [3.63, 3.8) is 0 Å². The number of carbonyl (C=O) groups excluding carboxylic acids is 1. The lowest BCUT2D eigenvalue weighted by Crippen LogP contribution is -2.41. The highest BCUT2D eigenvalue weighted by Gasteiger charge is 2.23. The Labute approximate surface area is 169 Å². The summed E-state index contributed by atoms with van der Waals surface area (Å²) in [6.07, 6.45) is -0.924. The van der Waals surface area contributed by atoms with Gasteiger partial charge in [0.25, 0.3) is 0 Å². The molecule has 0 aliphatic rings. The lowest BCUT2D eigenvalue weighted by molar-refractivity contribution is -0.119. The molecule has 0 spiro atoms. The van der Waals surface area contributed by atoms with Crippen molar-refractivity contribution >= 4 is 17.7 Å². The van der Waals surface area contributed by atoms with E-state index in [0.717, 1.165) is 11.3 Å². The summed E-state index contributed by atoms with van der Waals surface area (Å²) in [5.74, 6) is 0.547. The number of para-hydroxylation sites is 1. The van der Waals surface area contributed by atoms with Crippen LogP contribution in [0, 0.1) is 0 Å². The average Bonchev–Trinajstić information content (AvgIpc) is 3.10. The number of benzene rings is 2. The van der Waals surface area contributed by atoms with Crippen LogP contribution in [0.4, 0.5) is 0 Å². The van der Waals surface area contributed by atoms with Crippen molar-refractivity contribution in [1.29, 1.82) is 0 Å². The van der Waals surface area contributed by atoms with Crippen LogP contribution in [-0.4, -0.2) is 37.1 Å². The maximum absolute atomic E-state index is 12.2. The Morgan fingerprint density at radius 2 is 1.68 bits per heavy atom. The van der Waals surface area contributed by atoms with Crippen LogP contribution in [-0.2, 0) is 4.79 Å². The topological polar surface area (TPSA) is 80.0 Å².